The molecule has 150 valence electrons. The van der Waals surface area contributed by atoms with E-state index >= 15 is 0 Å². The van der Waals surface area contributed by atoms with Crippen LogP contribution in [-0.4, -0.2) is 88.6 Å². The SMILES string of the molecule is CC(O)C(NC(=O)NC(CNN(C)C(=O)C(N)CO)CC(N)=O)C(=O)O. The highest BCUT2D eigenvalue weighted by Gasteiger charge is 2.26. The summed E-state index contributed by atoms with van der Waals surface area (Å²) in [6.07, 6.45) is -1.66. The fourth-order valence-corrected chi connectivity index (χ4v) is 1.83. The highest BCUT2D eigenvalue weighted by Crippen LogP contribution is 1.96. The number of amides is 4. The summed E-state index contributed by atoms with van der Waals surface area (Å²) in [7, 11) is 1.33. The van der Waals surface area contributed by atoms with Gasteiger partial charge in [-0.15, -0.1) is 0 Å². The van der Waals surface area contributed by atoms with E-state index in [0.29, 0.717) is 0 Å². The number of aliphatic carboxylic acids is 1. The summed E-state index contributed by atoms with van der Waals surface area (Å²) < 4.78 is 0. The summed E-state index contributed by atoms with van der Waals surface area (Å²) in [5.74, 6) is -2.82. The van der Waals surface area contributed by atoms with Crippen LogP contribution in [0, 0.1) is 0 Å². The van der Waals surface area contributed by atoms with E-state index in [1.807, 2.05) is 5.32 Å². The number of aliphatic hydroxyl groups is 2. The molecule has 4 unspecified atom stereocenters. The Labute approximate surface area is 149 Å². The number of hydrazine groups is 1. The Morgan fingerprint density at radius 1 is 1.19 bits per heavy atom. The number of carboxylic acid groups (broad SMARTS) is 1. The maximum atomic E-state index is 11.9. The van der Waals surface area contributed by atoms with Gasteiger partial charge in [-0.05, 0) is 6.92 Å². The van der Waals surface area contributed by atoms with Crippen molar-refractivity contribution in [1.29, 1.82) is 0 Å². The van der Waals surface area contributed by atoms with E-state index in [4.69, 9.17) is 21.7 Å². The van der Waals surface area contributed by atoms with Crippen LogP contribution < -0.4 is 27.5 Å². The minimum atomic E-state index is -1.55. The molecule has 0 saturated carbocycles. The zero-order valence-electron chi connectivity index (χ0n) is 14.5. The second-order valence-corrected chi connectivity index (χ2v) is 5.59. The molecule has 0 aliphatic rings. The lowest BCUT2D eigenvalue weighted by Crippen LogP contribution is -2.57. The molecule has 0 aromatic carbocycles. The number of nitrogens with one attached hydrogen (secondary N) is 3. The third-order valence-electron chi connectivity index (χ3n) is 3.24. The number of carboxylic acids is 1. The van der Waals surface area contributed by atoms with Crippen molar-refractivity contribution in [2.24, 2.45) is 11.5 Å². The van der Waals surface area contributed by atoms with E-state index in [0.717, 1.165) is 5.01 Å². The van der Waals surface area contributed by atoms with E-state index in [-0.39, 0.29) is 13.0 Å². The summed E-state index contributed by atoms with van der Waals surface area (Å²) in [5.41, 5.74) is 13.1. The zero-order chi connectivity index (χ0) is 20.4. The van der Waals surface area contributed by atoms with E-state index in [2.05, 4.69) is 10.7 Å². The lowest BCUT2D eigenvalue weighted by Gasteiger charge is -2.25. The van der Waals surface area contributed by atoms with Crippen molar-refractivity contribution in [1.82, 2.24) is 21.1 Å². The normalized spacial score (nSPS) is 15.3. The fourth-order valence-electron chi connectivity index (χ4n) is 1.83. The maximum Gasteiger partial charge on any atom is 0.328 e. The van der Waals surface area contributed by atoms with E-state index in [9.17, 15) is 24.3 Å². The first-order chi connectivity index (χ1) is 12.0. The van der Waals surface area contributed by atoms with Crippen LogP contribution in [0.25, 0.3) is 0 Å². The van der Waals surface area contributed by atoms with Gasteiger partial charge in [0.25, 0.3) is 5.91 Å². The summed E-state index contributed by atoms with van der Waals surface area (Å²) in [5, 5.41) is 32.4. The predicted octanol–water partition coefficient (Wildman–Crippen LogP) is -4.35. The van der Waals surface area contributed by atoms with Gasteiger partial charge in [0.1, 0.15) is 6.04 Å². The van der Waals surface area contributed by atoms with Crippen molar-refractivity contribution >= 4 is 23.8 Å². The van der Waals surface area contributed by atoms with Crippen LogP contribution in [0.5, 0.6) is 0 Å². The molecule has 0 aliphatic carbocycles. The number of hydrogen-bond acceptors (Lipinski definition) is 8. The Morgan fingerprint density at radius 2 is 1.77 bits per heavy atom. The number of nitrogens with two attached hydrogens (primary N) is 2. The molecule has 0 saturated heterocycles. The number of rotatable bonds is 11. The largest absolute Gasteiger partial charge is 0.480 e. The topological polar surface area (TPSA) is 220 Å². The van der Waals surface area contributed by atoms with Gasteiger partial charge in [0, 0.05) is 20.0 Å². The van der Waals surface area contributed by atoms with Crippen LogP contribution in [0.4, 0.5) is 4.79 Å². The van der Waals surface area contributed by atoms with Crippen LogP contribution in [0.15, 0.2) is 0 Å². The average molecular weight is 378 g/mol. The second kappa shape index (κ2) is 11.2. The minimum absolute atomic E-state index is 0.122. The van der Waals surface area contributed by atoms with Crippen molar-refractivity contribution in [3.05, 3.63) is 0 Å². The first-order valence-corrected chi connectivity index (χ1v) is 7.63. The summed E-state index contributed by atoms with van der Waals surface area (Å²) >= 11 is 0. The molecular formula is C13H26N6O7. The summed E-state index contributed by atoms with van der Waals surface area (Å²) in [4.78, 5) is 45.7. The Balaban J connectivity index is 4.79. The molecule has 0 bridgehead atoms. The van der Waals surface area contributed by atoms with Gasteiger partial charge in [-0.25, -0.2) is 15.0 Å². The molecule has 0 heterocycles. The van der Waals surface area contributed by atoms with Crippen LogP contribution in [0.3, 0.4) is 0 Å². The Bertz CT molecular complexity index is 515. The lowest BCUT2D eigenvalue weighted by molar-refractivity contribution is -0.142. The van der Waals surface area contributed by atoms with Crippen molar-refractivity contribution in [2.45, 2.75) is 37.6 Å². The Hall–Kier alpha value is -2.48. The van der Waals surface area contributed by atoms with Gasteiger partial charge in [0.05, 0.1) is 18.8 Å². The molecule has 4 atom stereocenters. The number of carbonyl (C=O) groups is 4. The van der Waals surface area contributed by atoms with E-state index in [1.54, 1.807) is 0 Å². The Morgan fingerprint density at radius 3 is 2.19 bits per heavy atom. The second-order valence-electron chi connectivity index (χ2n) is 5.59. The molecule has 13 heteroatoms. The van der Waals surface area contributed by atoms with Crippen molar-refractivity contribution in [3.63, 3.8) is 0 Å². The molecule has 4 amide bonds. The number of aliphatic hydroxyl groups excluding tert-OH is 2. The molecule has 0 rings (SSSR count). The highest BCUT2D eigenvalue weighted by molar-refractivity contribution is 5.84. The maximum absolute atomic E-state index is 11.9. The smallest absolute Gasteiger partial charge is 0.328 e. The van der Waals surface area contributed by atoms with E-state index in [1.165, 1.54) is 14.0 Å². The molecule has 0 aromatic rings. The summed E-state index contributed by atoms with van der Waals surface area (Å²) in [6.45, 7) is 0.502. The van der Waals surface area contributed by atoms with Crippen molar-refractivity contribution in [2.75, 3.05) is 20.2 Å². The van der Waals surface area contributed by atoms with Crippen molar-refractivity contribution in [3.8, 4) is 0 Å². The summed E-state index contributed by atoms with van der Waals surface area (Å²) in [6, 6.07) is -4.53. The molecule has 0 aliphatic heterocycles. The van der Waals surface area contributed by atoms with E-state index < -0.39 is 54.7 Å². The van der Waals surface area contributed by atoms with Gasteiger partial charge in [-0.2, -0.15) is 0 Å². The van der Waals surface area contributed by atoms with Gasteiger partial charge < -0.3 is 37.4 Å². The fraction of sp³-hybridized carbons (Fsp3) is 0.692. The molecule has 10 N–H and O–H groups in total. The van der Waals surface area contributed by atoms with Crippen LogP contribution in [0.1, 0.15) is 13.3 Å². The number of likely N-dealkylation sites (N-methyl/N-ethyl adjacent to an activating group) is 1. The molecule has 13 nitrogen and oxygen atoms in total. The molecule has 26 heavy (non-hydrogen) atoms. The third-order valence-corrected chi connectivity index (χ3v) is 3.24. The number of urea groups is 1. The first-order valence-electron chi connectivity index (χ1n) is 7.63. The molecule has 0 spiro atoms. The van der Waals surface area contributed by atoms with Gasteiger partial charge >= 0.3 is 12.0 Å². The van der Waals surface area contributed by atoms with Crippen LogP contribution >= 0.6 is 0 Å². The standard InChI is InChI=1S/C13H26N6O7/c1-6(21)10(12(24)25)18-13(26)17-7(3-9(15)22)4-16-19(2)11(23)8(14)5-20/h6-8,10,16,20-21H,3-5,14H2,1-2H3,(H2,15,22)(H,24,25)(H2,17,18,26). The Kier molecular flexibility index (Phi) is 10.1. The monoisotopic (exact) mass is 378 g/mol. The number of carbonyl (C=O) groups excluding carboxylic acids is 3. The van der Waals surface area contributed by atoms with Crippen molar-refractivity contribution < 1.29 is 34.5 Å². The lowest BCUT2D eigenvalue weighted by atomic mass is 10.2. The molecule has 0 fully saturated rings. The quantitative estimate of drug-likeness (QED) is 0.162. The number of primary amides is 1. The number of nitrogens with zero attached hydrogens (tertiary/aromatic N) is 1. The highest BCUT2D eigenvalue weighted by atomic mass is 16.4. The van der Waals surface area contributed by atoms with Crippen LogP contribution in [-0.2, 0) is 14.4 Å². The predicted molar refractivity (Wildman–Crippen MR) is 88.2 cm³/mol. The van der Waals surface area contributed by atoms with Gasteiger partial charge in [0.2, 0.25) is 5.91 Å². The average Bonchev–Trinajstić information content (AvgIpc) is 2.54. The molecule has 0 radical (unpaired) electrons. The zero-order valence-corrected chi connectivity index (χ0v) is 14.5. The first kappa shape index (κ1) is 23.5. The van der Waals surface area contributed by atoms with Gasteiger partial charge in [-0.3, -0.25) is 14.6 Å². The molecule has 0 aromatic heterocycles. The minimum Gasteiger partial charge on any atom is -0.480 e. The van der Waals surface area contributed by atoms with Gasteiger partial charge in [-0.1, -0.05) is 0 Å². The third kappa shape index (κ3) is 8.57. The van der Waals surface area contributed by atoms with Gasteiger partial charge in [0.15, 0.2) is 6.04 Å². The molecular weight excluding hydrogens is 352 g/mol. The van der Waals surface area contributed by atoms with Crippen LogP contribution in [0.2, 0.25) is 0 Å². The number of hydrogen-bond donors (Lipinski definition) is 8.